The molecule has 4 aromatic rings. The maximum Gasteiger partial charge on any atom is 0.227 e. The number of ketones is 1. The van der Waals surface area contributed by atoms with E-state index in [1.165, 1.54) is 16.3 Å². The van der Waals surface area contributed by atoms with Gasteiger partial charge < -0.3 is 10.1 Å². The van der Waals surface area contributed by atoms with Gasteiger partial charge in [-0.2, -0.15) is 4.98 Å². The molecule has 0 fully saturated rings. The molecule has 1 aromatic heterocycles. The van der Waals surface area contributed by atoms with E-state index in [2.05, 4.69) is 47.8 Å². The van der Waals surface area contributed by atoms with Gasteiger partial charge in [-0.05, 0) is 46.9 Å². The van der Waals surface area contributed by atoms with Gasteiger partial charge in [-0.1, -0.05) is 66.4 Å². The summed E-state index contributed by atoms with van der Waals surface area (Å²) in [6.07, 6.45) is 2.28. The van der Waals surface area contributed by atoms with Gasteiger partial charge in [-0.3, -0.25) is 4.79 Å². The molecule has 1 aliphatic carbocycles. The first-order chi connectivity index (χ1) is 16.7. The van der Waals surface area contributed by atoms with E-state index in [9.17, 15) is 4.79 Å². The molecule has 34 heavy (non-hydrogen) atoms. The van der Waals surface area contributed by atoms with Gasteiger partial charge in [-0.15, -0.1) is 5.10 Å². The lowest BCUT2D eigenvalue weighted by Gasteiger charge is -2.32. The Morgan fingerprint density at radius 2 is 1.88 bits per heavy atom. The number of carbonyl (C=O) groups is 1. The minimum Gasteiger partial charge on any atom is -0.497 e. The lowest BCUT2D eigenvalue weighted by molar-refractivity contribution is -0.116. The highest BCUT2D eigenvalue weighted by Gasteiger charge is 2.36. The third-order valence-electron chi connectivity index (χ3n) is 6.46. The van der Waals surface area contributed by atoms with Crippen LogP contribution in [-0.4, -0.2) is 27.7 Å². The predicted octanol–water partition coefficient (Wildman–Crippen LogP) is 5.75. The van der Waals surface area contributed by atoms with Crippen molar-refractivity contribution in [2.45, 2.75) is 36.2 Å². The van der Waals surface area contributed by atoms with Crippen molar-refractivity contribution in [1.29, 1.82) is 0 Å². The molecule has 1 atom stereocenters. The zero-order chi connectivity index (χ0) is 23.1. The van der Waals surface area contributed by atoms with Gasteiger partial charge in [0.2, 0.25) is 11.1 Å². The highest BCUT2D eigenvalue weighted by Crippen LogP contribution is 2.41. The molecule has 0 amide bonds. The summed E-state index contributed by atoms with van der Waals surface area (Å²) in [5.41, 5.74) is 4.01. The van der Waals surface area contributed by atoms with Crippen LogP contribution < -0.4 is 10.1 Å². The Kier molecular flexibility index (Phi) is 5.34. The number of allylic oxidation sites excluding steroid dienone is 2. The summed E-state index contributed by atoms with van der Waals surface area (Å²) in [6, 6.07) is 22.5. The van der Waals surface area contributed by atoms with Crippen molar-refractivity contribution < 1.29 is 9.53 Å². The number of nitrogens with one attached hydrogen (secondary N) is 1. The molecule has 6 rings (SSSR count). The van der Waals surface area contributed by atoms with E-state index >= 15 is 0 Å². The number of hydrogen-bond donors (Lipinski definition) is 1. The summed E-state index contributed by atoms with van der Waals surface area (Å²) < 4.78 is 7.20. The molecule has 0 spiro atoms. The van der Waals surface area contributed by atoms with Crippen molar-refractivity contribution in [2.24, 2.45) is 0 Å². The Labute approximate surface area is 202 Å². The molecule has 0 saturated carbocycles. The third-order valence-corrected chi connectivity index (χ3v) is 7.37. The summed E-state index contributed by atoms with van der Waals surface area (Å²) in [6.45, 7) is 0. The van der Waals surface area contributed by atoms with Gasteiger partial charge in [0, 0.05) is 23.4 Å². The fraction of sp³-hybridized carbons (Fsp3) is 0.222. The third kappa shape index (κ3) is 3.76. The first-order valence-corrected chi connectivity index (χ1v) is 12.4. The van der Waals surface area contributed by atoms with Crippen LogP contribution in [0.3, 0.4) is 0 Å². The van der Waals surface area contributed by atoms with E-state index in [-0.39, 0.29) is 11.8 Å². The van der Waals surface area contributed by atoms with Gasteiger partial charge in [0.25, 0.3) is 0 Å². The van der Waals surface area contributed by atoms with Crippen LogP contribution in [-0.2, 0) is 10.5 Å². The molecular formula is C27H24N4O2S. The summed E-state index contributed by atoms with van der Waals surface area (Å²) in [5.74, 6) is 2.43. The van der Waals surface area contributed by atoms with E-state index in [1.807, 2.05) is 28.9 Å². The summed E-state index contributed by atoms with van der Waals surface area (Å²) >= 11 is 1.61. The Hall–Kier alpha value is -3.58. The Morgan fingerprint density at radius 3 is 2.71 bits per heavy atom. The summed E-state index contributed by atoms with van der Waals surface area (Å²) in [5, 5.41) is 11.4. The molecule has 1 aliphatic heterocycles. The number of anilines is 1. The van der Waals surface area contributed by atoms with Crippen molar-refractivity contribution >= 4 is 34.3 Å². The molecule has 2 heterocycles. The minimum atomic E-state index is -0.285. The van der Waals surface area contributed by atoms with E-state index in [4.69, 9.17) is 14.8 Å². The molecule has 170 valence electrons. The van der Waals surface area contributed by atoms with Crippen molar-refractivity contribution in [1.82, 2.24) is 14.8 Å². The standard InChI is InChI=1S/C27H24N4O2S/c1-33-21-13-11-19(12-14-21)25-24-22(7-4-8-23(24)32)28-26-29-27(30-31(25)26)34-16-17-9-10-18-5-2-3-6-20(18)15-17/h2-3,5-6,9-15,25H,4,7-8,16H2,1H3,(H,28,29,30)/t25-/m0/s1. The number of fused-ring (bicyclic) bond motifs is 2. The molecular weight excluding hydrogens is 444 g/mol. The maximum atomic E-state index is 13.0. The van der Waals surface area contributed by atoms with Crippen molar-refractivity contribution in [3.63, 3.8) is 0 Å². The van der Waals surface area contributed by atoms with Crippen LogP contribution in [0.4, 0.5) is 5.95 Å². The smallest absolute Gasteiger partial charge is 0.227 e. The average molecular weight is 469 g/mol. The van der Waals surface area contributed by atoms with Crippen LogP contribution in [0.5, 0.6) is 5.75 Å². The highest BCUT2D eigenvalue weighted by atomic mass is 32.2. The topological polar surface area (TPSA) is 69.0 Å². The van der Waals surface area contributed by atoms with Gasteiger partial charge in [-0.25, -0.2) is 4.68 Å². The normalized spacial score (nSPS) is 17.3. The molecule has 0 radical (unpaired) electrons. The Morgan fingerprint density at radius 1 is 1.06 bits per heavy atom. The molecule has 6 nitrogen and oxygen atoms in total. The fourth-order valence-electron chi connectivity index (χ4n) is 4.77. The first kappa shape index (κ1) is 21.0. The van der Waals surface area contributed by atoms with E-state index in [0.717, 1.165) is 41.2 Å². The average Bonchev–Trinajstić information content (AvgIpc) is 3.29. The molecule has 7 heteroatoms. The van der Waals surface area contributed by atoms with E-state index < -0.39 is 0 Å². The molecule has 2 aliphatic rings. The Balaban J connectivity index is 1.32. The second kappa shape index (κ2) is 8.65. The van der Waals surface area contributed by atoms with E-state index in [1.54, 1.807) is 18.9 Å². The van der Waals surface area contributed by atoms with Crippen LogP contribution in [0.1, 0.15) is 36.4 Å². The van der Waals surface area contributed by atoms with Gasteiger partial charge in [0.1, 0.15) is 11.8 Å². The largest absolute Gasteiger partial charge is 0.497 e. The monoisotopic (exact) mass is 468 g/mol. The second-order valence-corrected chi connectivity index (χ2v) is 9.54. The van der Waals surface area contributed by atoms with Crippen LogP contribution in [0.2, 0.25) is 0 Å². The maximum absolute atomic E-state index is 13.0. The number of thioether (sulfide) groups is 1. The highest BCUT2D eigenvalue weighted by molar-refractivity contribution is 7.98. The van der Waals surface area contributed by atoms with Crippen LogP contribution >= 0.6 is 11.8 Å². The lowest BCUT2D eigenvalue weighted by Crippen LogP contribution is -2.31. The summed E-state index contributed by atoms with van der Waals surface area (Å²) in [4.78, 5) is 17.8. The number of carbonyl (C=O) groups excluding carboxylic acids is 1. The first-order valence-electron chi connectivity index (χ1n) is 11.4. The molecule has 0 unspecified atom stereocenters. The number of hydrogen-bond acceptors (Lipinski definition) is 6. The SMILES string of the molecule is COc1ccc([C@H]2C3=C(CCCC3=O)Nc3nc(SCc4ccc5ccccc5c4)nn32)cc1. The number of Topliss-reactive ketones (excluding diaryl/α,β-unsaturated/α-hetero) is 1. The summed E-state index contributed by atoms with van der Waals surface area (Å²) in [7, 11) is 1.65. The predicted molar refractivity (Wildman–Crippen MR) is 134 cm³/mol. The molecule has 0 bridgehead atoms. The van der Waals surface area contributed by atoms with Crippen LogP contribution in [0.25, 0.3) is 10.8 Å². The molecule has 3 aromatic carbocycles. The van der Waals surface area contributed by atoms with E-state index in [0.29, 0.717) is 17.5 Å². The number of methoxy groups -OCH3 is 1. The van der Waals surface area contributed by atoms with Crippen molar-refractivity contribution in [3.8, 4) is 5.75 Å². The number of nitrogens with zero attached hydrogens (tertiary/aromatic N) is 3. The van der Waals surface area contributed by atoms with Crippen molar-refractivity contribution in [3.05, 3.63) is 89.1 Å². The van der Waals surface area contributed by atoms with Gasteiger partial charge in [0.15, 0.2) is 5.78 Å². The number of aromatic nitrogens is 3. The Bertz CT molecular complexity index is 1420. The second-order valence-electron chi connectivity index (χ2n) is 8.60. The van der Waals surface area contributed by atoms with Crippen molar-refractivity contribution in [2.75, 3.05) is 12.4 Å². The number of benzene rings is 3. The van der Waals surface area contributed by atoms with Crippen LogP contribution in [0.15, 0.2) is 83.2 Å². The molecule has 0 saturated heterocycles. The number of ether oxygens (including phenoxy) is 1. The lowest BCUT2D eigenvalue weighted by atomic mass is 9.85. The zero-order valence-electron chi connectivity index (χ0n) is 18.8. The minimum absolute atomic E-state index is 0.182. The van der Waals surface area contributed by atoms with Gasteiger partial charge in [0.05, 0.1) is 7.11 Å². The molecule has 1 N–H and O–H groups in total. The van der Waals surface area contributed by atoms with Crippen LogP contribution in [0, 0.1) is 0 Å². The van der Waals surface area contributed by atoms with Gasteiger partial charge >= 0.3 is 0 Å². The number of rotatable bonds is 5. The zero-order valence-corrected chi connectivity index (χ0v) is 19.6. The fourth-order valence-corrected chi connectivity index (χ4v) is 5.54. The quantitative estimate of drug-likeness (QED) is 0.376.